The van der Waals surface area contributed by atoms with Gasteiger partial charge in [-0.05, 0) is 53.4 Å². The Morgan fingerprint density at radius 2 is 2.19 bits per heavy atom. The SMILES string of the molecule is Cc1cc(F)c(Br)cc1NS(=O)(=O)N1CCCCC1CN. The van der Waals surface area contributed by atoms with E-state index in [-0.39, 0.29) is 10.5 Å². The minimum absolute atomic E-state index is 0.180. The fourth-order valence-electron chi connectivity index (χ4n) is 2.48. The third kappa shape index (κ3) is 3.74. The van der Waals surface area contributed by atoms with Crippen molar-refractivity contribution in [2.24, 2.45) is 5.73 Å². The molecule has 0 aromatic heterocycles. The normalized spacial score (nSPS) is 20.5. The van der Waals surface area contributed by atoms with Crippen LogP contribution in [0.25, 0.3) is 0 Å². The van der Waals surface area contributed by atoms with Crippen LogP contribution in [0.5, 0.6) is 0 Å². The second kappa shape index (κ2) is 6.60. The van der Waals surface area contributed by atoms with Crippen LogP contribution < -0.4 is 10.5 Å². The van der Waals surface area contributed by atoms with Gasteiger partial charge in [0.25, 0.3) is 0 Å². The molecule has 1 aliphatic heterocycles. The molecular weight excluding hydrogens is 361 g/mol. The van der Waals surface area contributed by atoms with Crippen molar-refractivity contribution in [2.45, 2.75) is 32.2 Å². The molecule has 0 amide bonds. The Hall–Kier alpha value is -0.700. The third-order valence-electron chi connectivity index (χ3n) is 3.66. The zero-order valence-electron chi connectivity index (χ0n) is 11.8. The summed E-state index contributed by atoms with van der Waals surface area (Å²) in [6, 6.07) is 2.54. The van der Waals surface area contributed by atoms with Crippen molar-refractivity contribution in [3.05, 3.63) is 28.0 Å². The maximum Gasteiger partial charge on any atom is 0.301 e. The molecule has 0 saturated carbocycles. The summed E-state index contributed by atoms with van der Waals surface area (Å²) < 4.78 is 42.6. The largest absolute Gasteiger partial charge is 0.329 e. The van der Waals surface area contributed by atoms with Crippen molar-refractivity contribution in [1.29, 1.82) is 0 Å². The van der Waals surface area contributed by atoms with Gasteiger partial charge in [-0.1, -0.05) is 6.42 Å². The molecule has 1 aromatic carbocycles. The van der Waals surface area contributed by atoms with Gasteiger partial charge in [-0.2, -0.15) is 12.7 Å². The van der Waals surface area contributed by atoms with Crippen LogP contribution in [0.2, 0.25) is 0 Å². The lowest BCUT2D eigenvalue weighted by Gasteiger charge is -2.34. The molecule has 3 N–H and O–H groups in total. The molecule has 118 valence electrons. The van der Waals surface area contributed by atoms with Crippen LogP contribution in [0.15, 0.2) is 16.6 Å². The van der Waals surface area contributed by atoms with E-state index in [0.717, 1.165) is 19.3 Å². The number of anilines is 1. The first-order chi connectivity index (χ1) is 9.85. The van der Waals surface area contributed by atoms with Crippen LogP contribution in [0.1, 0.15) is 24.8 Å². The van der Waals surface area contributed by atoms with Gasteiger partial charge in [0.05, 0.1) is 10.2 Å². The maximum absolute atomic E-state index is 13.4. The van der Waals surface area contributed by atoms with Crippen molar-refractivity contribution >= 4 is 31.8 Å². The minimum atomic E-state index is -3.69. The molecule has 1 aromatic rings. The van der Waals surface area contributed by atoms with Crippen LogP contribution in [0, 0.1) is 12.7 Å². The van der Waals surface area contributed by atoms with Crippen molar-refractivity contribution in [3.63, 3.8) is 0 Å². The molecule has 0 radical (unpaired) electrons. The second-order valence-electron chi connectivity index (χ2n) is 5.18. The Balaban J connectivity index is 2.26. The summed E-state index contributed by atoms with van der Waals surface area (Å²) in [5.41, 5.74) is 6.56. The van der Waals surface area contributed by atoms with Crippen LogP contribution in [-0.2, 0) is 10.2 Å². The summed E-state index contributed by atoms with van der Waals surface area (Å²) in [6.07, 6.45) is 2.57. The van der Waals surface area contributed by atoms with Gasteiger partial charge in [0.1, 0.15) is 5.82 Å². The van der Waals surface area contributed by atoms with E-state index in [0.29, 0.717) is 24.3 Å². The van der Waals surface area contributed by atoms with E-state index >= 15 is 0 Å². The highest BCUT2D eigenvalue weighted by atomic mass is 79.9. The first kappa shape index (κ1) is 16.7. The highest BCUT2D eigenvalue weighted by Crippen LogP contribution is 2.27. The number of nitrogens with two attached hydrogens (primary N) is 1. The molecule has 5 nitrogen and oxygen atoms in total. The topological polar surface area (TPSA) is 75.4 Å². The highest BCUT2D eigenvalue weighted by molar-refractivity contribution is 9.10. The number of hydrogen-bond donors (Lipinski definition) is 2. The van der Waals surface area contributed by atoms with Gasteiger partial charge in [-0.25, -0.2) is 4.39 Å². The fraction of sp³-hybridized carbons (Fsp3) is 0.538. The predicted molar refractivity (Wildman–Crippen MR) is 84.8 cm³/mol. The van der Waals surface area contributed by atoms with Gasteiger partial charge in [0.2, 0.25) is 0 Å². The van der Waals surface area contributed by atoms with E-state index in [1.807, 2.05) is 0 Å². The zero-order valence-corrected chi connectivity index (χ0v) is 14.2. The lowest BCUT2D eigenvalue weighted by atomic mass is 10.1. The quantitative estimate of drug-likeness (QED) is 0.842. The molecule has 1 saturated heterocycles. The number of hydrogen-bond acceptors (Lipinski definition) is 3. The van der Waals surface area contributed by atoms with Gasteiger partial charge in [0.15, 0.2) is 0 Å². The number of aryl methyl sites for hydroxylation is 1. The van der Waals surface area contributed by atoms with Crippen molar-refractivity contribution in [2.75, 3.05) is 17.8 Å². The molecular formula is C13H19BrFN3O2S. The Labute approximate surface area is 133 Å². The summed E-state index contributed by atoms with van der Waals surface area (Å²) in [4.78, 5) is 0. The number of nitrogens with one attached hydrogen (secondary N) is 1. The molecule has 21 heavy (non-hydrogen) atoms. The van der Waals surface area contributed by atoms with Gasteiger partial charge in [-0.3, -0.25) is 4.72 Å². The van der Waals surface area contributed by atoms with E-state index in [4.69, 9.17) is 5.73 Å². The highest BCUT2D eigenvalue weighted by Gasteiger charge is 2.31. The number of halogens is 2. The predicted octanol–water partition coefficient (Wildman–Crippen LogP) is 2.37. The van der Waals surface area contributed by atoms with Crippen molar-refractivity contribution in [1.82, 2.24) is 4.31 Å². The maximum atomic E-state index is 13.4. The fourth-order valence-corrected chi connectivity index (χ4v) is 4.39. The second-order valence-corrected chi connectivity index (χ2v) is 7.66. The van der Waals surface area contributed by atoms with Gasteiger partial charge < -0.3 is 5.73 Å². The third-order valence-corrected chi connectivity index (χ3v) is 5.84. The van der Waals surface area contributed by atoms with E-state index in [1.165, 1.54) is 16.4 Å². The molecule has 1 aliphatic rings. The Kier molecular flexibility index (Phi) is 5.24. The first-order valence-corrected chi connectivity index (χ1v) is 9.03. The minimum Gasteiger partial charge on any atom is -0.329 e. The summed E-state index contributed by atoms with van der Waals surface area (Å²) in [7, 11) is -3.69. The summed E-state index contributed by atoms with van der Waals surface area (Å²) >= 11 is 3.07. The molecule has 2 rings (SSSR count). The monoisotopic (exact) mass is 379 g/mol. The average molecular weight is 380 g/mol. The van der Waals surface area contributed by atoms with Crippen LogP contribution >= 0.6 is 15.9 Å². The molecule has 1 atom stereocenters. The molecule has 0 bridgehead atoms. The number of piperidine rings is 1. The molecule has 0 aliphatic carbocycles. The summed E-state index contributed by atoms with van der Waals surface area (Å²) in [6.45, 7) is 2.41. The van der Waals surface area contributed by atoms with Gasteiger partial charge in [0, 0.05) is 19.1 Å². The number of benzene rings is 1. The van der Waals surface area contributed by atoms with E-state index < -0.39 is 16.0 Å². The Morgan fingerprint density at radius 3 is 2.86 bits per heavy atom. The summed E-state index contributed by atoms with van der Waals surface area (Å²) in [5, 5.41) is 0. The van der Waals surface area contributed by atoms with Crippen molar-refractivity contribution in [3.8, 4) is 0 Å². The Bertz CT molecular complexity index is 624. The lowest BCUT2D eigenvalue weighted by molar-refractivity contribution is 0.259. The van der Waals surface area contributed by atoms with E-state index in [9.17, 15) is 12.8 Å². The summed E-state index contributed by atoms with van der Waals surface area (Å²) in [5.74, 6) is -0.423. The lowest BCUT2D eigenvalue weighted by Crippen LogP contribution is -2.49. The van der Waals surface area contributed by atoms with Gasteiger partial charge >= 0.3 is 10.2 Å². The van der Waals surface area contributed by atoms with Crippen LogP contribution in [0.3, 0.4) is 0 Å². The van der Waals surface area contributed by atoms with E-state index in [1.54, 1.807) is 6.92 Å². The molecule has 8 heteroatoms. The molecule has 1 heterocycles. The van der Waals surface area contributed by atoms with Crippen molar-refractivity contribution < 1.29 is 12.8 Å². The number of rotatable bonds is 4. The van der Waals surface area contributed by atoms with Crippen LogP contribution in [0.4, 0.5) is 10.1 Å². The molecule has 1 fully saturated rings. The molecule has 0 spiro atoms. The zero-order chi connectivity index (χ0) is 15.6. The molecule has 1 unspecified atom stereocenters. The number of nitrogens with zero attached hydrogens (tertiary/aromatic N) is 1. The Morgan fingerprint density at radius 1 is 1.48 bits per heavy atom. The first-order valence-electron chi connectivity index (χ1n) is 6.80. The standard InChI is InChI=1S/C13H19BrFN3O2S/c1-9-6-12(15)11(14)7-13(9)17-21(19,20)18-5-3-2-4-10(18)8-16/h6-7,10,17H,2-5,8,16H2,1H3. The van der Waals surface area contributed by atoms with Crippen LogP contribution in [-0.4, -0.2) is 31.9 Å². The van der Waals surface area contributed by atoms with Gasteiger partial charge in [-0.15, -0.1) is 0 Å². The smallest absolute Gasteiger partial charge is 0.301 e. The average Bonchev–Trinajstić information content (AvgIpc) is 2.44. The van der Waals surface area contributed by atoms with E-state index in [2.05, 4.69) is 20.7 Å².